The fourth-order valence-corrected chi connectivity index (χ4v) is 7.27. The number of carbonyl (C=O) groups is 2. The Bertz CT molecular complexity index is 461. The number of carbonyl (C=O) groups excluding carboxylic acids is 2. The number of amides is 2. The maximum Gasteiger partial charge on any atom is 0.246 e. The van der Waals surface area contributed by atoms with E-state index in [1.54, 1.807) is 6.08 Å². The first-order valence-electron chi connectivity index (χ1n) is 4.91. The lowest BCUT2D eigenvalue weighted by Crippen LogP contribution is -2.49. The summed E-state index contributed by atoms with van der Waals surface area (Å²) in [7, 11) is 0. The summed E-state index contributed by atoms with van der Waals surface area (Å²) < 4.78 is 0.954. The summed E-state index contributed by atoms with van der Waals surface area (Å²) in [6.07, 6.45) is 1.89. The second-order valence-electron chi connectivity index (χ2n) is 3.79. The Balaban J connectivity index is 3.45. The van der Waals surface area contributed by atoms with Crippen molar-refractivity contribution in [3.63, 3.8) is 0 Å². The van der Waals surface area contributed by atoms with Crippen LogP contribution < -0.4 is 11.5 Å². The topological polar surface area (TPSA) is 106 Å². The largest absolute Gasteiger partial charge is 0.396 e. The van der Waals surface area contributed by atoms with Crippen LogP contribution in [0.15, 0.2) is 18.8 Å². The second-order valence-corrected chi connectivity index (χ2v) is 7.36. The molecule has 0 saturated heterocycles. The van der Waals surface area contributed by atoms with Crippen LogP contribution in [-0.2, 0) is 9.59 Å². The molecule has 0 bridgehead atoms. The lowest BCUT2D eigenvalue weighted by Gasteiger charge is -2.38. The van der Waals surface area contributed by atoms with Gasteiger partial charge in [-0.25, -0.2) is 0 Å². The molecule has 0 radical (unpaired) electrons. The highest BCUT2D eigenvalue weighted by Gasteiger charge is 2.50. The Hall–Kier alpha value is 0.570. The van der Waals surface area contributed by atoms with Gasteiger partial charge in [-0.05, 0) is 57.7 Å². The first kappa shape index (κ1) is 16.6. The first-order valence-corrected chi connectivity index (χ1v) is 8.31. The summed E-state index contributed by atoms with van der Waals surface area (Å²) in [6, 6.07) is 0. The molecule has 8 heteroatoms. The molecule has 2 unspecified atom stereocenters. The van der Waals surface area contributed by atoms with Crippen LogP contribution in [0.4, 0.5) is 0 Å². The Kier molecular flexibility index (Phi) is 5.86. The van der Waals surface area contributed by atoms with E-state index >= 15 is 0 Å². The Labute approximate surface area is 145 Å². The van der Waals surface area contributed by atoms with Crippen molar-refractivity contribution in [2.24, 2.45) is 16.9 Å². The highest BCUT2D eigenvalue weighted by atomic mass is 127. The predicted octanol–water partition coefficient (Wildman–Crippen LogP) is 1.15. The monoisotopic (exact) mass is 588 g/mol. The smallest absolute Gasteiger partial charge is 0.246 e. The number of rotatable bonds is 4. The molecule has 0 aromatic heterocycles. The minimum absolute atomic E-state index is 0.172. The second kappa shape index (κ2) is 6.35. The zero-order chi connectivity index (χ0) is 14.1. The Morgan fingerprint density at radius 3 is 2.33 bits per heavy atom. The van der Waals surface area contributed by atoms with Crippen molar-refractivity contribution in [1.29, 1.82) is 0 Å². The van der Waals surface area contributed by atoms with E-state index in [0.717, 1.165) is 3.58 Å². The molecule has 0 saturated carbocycles. The Morgan fingerprint density at radius 2 is 1.94 bits per heavy atom. The van der Waals surface area contributed by atoms with Crippen molar-refractivity contribution in [3.05, 3.63) is 18.8 Å². The number of alkyl halides is 1. The summed E-state index contributed by atoms with van der Waals surface area (Å²) in [5.74, 6) is -1.12. The van der Waals surface area contributed by atoms with Crippen molar-refractivity contribution in [3.8, 4) is 0 Å². The van der Waals surface area contributed by atoms with Crippen molar-refractivity contribution in [1.82, 2.24) is 0 Å². The fourth-order valence-electron chi connectivity index (χ4n) is 1.84. The summed E-state index contributed by atoms with van der Waals surface area (Å²) in [4.78, 5) is 23.4. The highest BCUT2D eigenvalue weighted by Crippen LogP contribution is 2.50. The SMILES string of the molecule is NC(=O)C1=C(I)C=C(I)C(CCO)(C(N)=O)C1I. The molecule has 1 aliphatic carbocycles. The maximum atomic E-state index is 11.8. The zero-order valence-corrected chi connectivity index (χ0v) is 15.6. The van der Waals surface area contributed by atoms with Gasteiger partial charge in [0.25, 0.3) is 0 Å². The molecule has 0 aromatic carbocycles. The number of aliphatic hydroxyl groups excluding tert-OH is 1. The molecule has 5 nitrogen and oxygen atoms in total. The third-order valence-electron chi connectivity index (χ3n) is 2.83. The summed E-state index contributed by atoms with van der Waals surface area (Å²) >= 11 is 6.04. The van der Waals surface area contributed by atoms with E-state index in [-0.39, 0.29) is 13.0 Å². The third-order valence-corrected chi connectivity index (χ3v) is 6.69. The van der Waals surface area contributed by atoms with Crippen molar-refractivity contribution in [2.45, 2.75) is 10.3 Å². The minimum Gasteiger partial charge on any atom is -0.396 e. The van der Waals surface area contributed by atoms with Crippen LogP contribution in [0.3, 0.4) is 0 Å². The lowest BCUT2D eigenvalue weighted by molar-refractivity contribution is -0.125. The molecule has 0 aliphatic heterocycles. The maximum absolute atomic E-state index is 11.8. The normalized spacial score (nSPS) is 28.0. The van der Waals surface area contributed by atoms with Crippen LogP contribution in [0, 0.1) is 5.41 Å². The quantitative estimate of drug-likeness (QED) is 0.339. The summed E-state index contributed by atoms with van der Waals surface area (Å²) in [5.41, 5.74) is 10.2. The number of primary amides is 2. The van der Waals surface area contributed by atoms with Crippen molar-refractivity contribution < 1.29 is 14.7 Å². The van der Waals surface area contributed by atoms with E-state index in [2.05, 4.69) is 0 Å². The van der Waals surface area contributed by atoms with Crippen LogP contribution in [0.2, 0.25) is 0 Å². The molecule has 1 aliphatic rings. The molecule has 5 N–H and O–H groups in total. The minimum atomic E-state index is -1.06. The van der Waals surface area contributed by atoms with Crippen LogP contribution in [0.1, 0.15) is 6.42 Å². The standard InChI is InChI=1S/C10H11I3N2O3/c11-4-3-5(12)10(1-2-16,9(15)18)7(13)6(4)8(14)17/h3,7,16H,1-2H2,(H2,14,17)(H2,15,18). The number of allylic oxidation sites excluding steroid dienone is 2. The van der Waals surface area contributed by atoms with Gasteiger partial charge < -0.3 is 16.6 Å². The van der Waals surface area contributed by atoms with Gasteiger partial charge in [0, 0.05) is 19.3 Å². The van der Waals surface area contributed by atoms with Crippen LogP contribution in [0.25, 0.3) is 0 Å². The van der Waals surface area contributed by atoms with Crippen LogP contribution in [-0.4, -0.2) is 27.5 Å². The molecular weight excluding hydrogens is 577 g/mol. The van der Waals surface area contributed by atoms with Gasteiger partial charge in [0.1, 0.15) is 0 Å². The number of hydrogen-bond donors (Lipinski definition) is 3. The third kappa shape index (κ3) is 2.70. The average Bonchev–Trinajstić information content (AvgIpc) is 2.22. The molecule has 0 fully saturated rings. The van der Waals surface area contributed by atoms with E-state index in [4.69, 9.17) is 11.5 Å². The Morgan fingerprint density at radius 1 is 1.39 bits per heavy atom. The molecule has 0 spiro atoms. The number of nitrogens with two attached hydrogens (primary N) is 2. The molecule has 1 rings (SSSR count). The highest BCUT2D eigenvalue weighted by molar-refractivity contribution is 14.1. The van der Waals surface area contributed by atoms with Gasteiger partial charge in [-0.3, -0.25) is 9.59 Å². The van der Waals surface area contributed by atoms with Gasteiger partial charge in [0.15, 0.2) is 0 Å². The van der Waals surface area contributed by atoms with Gasteiger partial charge >= 0.3 is 0 Å². The molecular formula is C10H11I3N2O3. The van der Waals surface area contributed by atoms with E-state index in [1.807, 2.05) is 67.8 Å². The van der Waals surface area contributed by atoms with Crippen molar-refractivity contribution in [2.75, 3.05) is 6.61 Å². The predicted molar refractivity (Wildman–Crippen MR) is 93.5 cm³/mol. The molecule has 2 amide bonds. The van der Waals surface area contributed by atoms with Gasteiger partial charge in [-0.15, -0.1) is 0 Å². The summed E-state index contributed by atoms with van der Waals surface area (Å²) in [5, 5.41) is 9.18. The zero-order valence-electron chi connectivity index (χ0n) is 9.12. The van der Waals surface area contributed by atoms with Crippen LogP contribution in [0.5, 0.6) is 0 Å². The molecule has 0 aromatic rings. The first-order chi connectivity index (χ1) is 8.28. The van der Waals surface area contributed by atoms with E-state index < -0.39 is 21.2 Å². The number of halogens is 3. The van der Waals surface area contributed by atoms with Crippen molar-refractivity contribution >= 4 is 79.6 Å². The van der Waals surface area contributed by atoms with E-state index in [9.17, 15) is 14.7 Å². The molecule has 18 heavy (non-hydrogen) atoms. The average molecular weight is 588 g/mol. The van der Waals surface area contributed by atoms with Gasteiger partial charge in [-0.2, -0.15) is 0 Å². The molecule has 100 valence electrons. The molecule has 2 atom stereocenters. The summed E-state index contributed by atoms with van der Waals surface area (Å²) in [6.45, 7) is -0.189. The van der Waals surface area contributed by atoms with Gasteiger partial charge in [0.05, 0.1) is 9.34 Å². The van der Waals surface area contributed by atoms with E-state index in [1.165, 1.54) is 0 Å². The molecule has 0 heterocycles. The number of hydrogen-bond acceptors (Lipinski definition) is 3. The fraction of sp³-hybridized carbons (Fsp3) is 0.400. The van der Waals surface area contributed by atoms with Gasteiger partial charge in [-0.1, -0.05) is 22.6 Å². The van der Waals surface area contributed by atoms with Gasteiger partial charge in [0.2, 0.25) is 11.8 Å². The van der Waals surface area contributed by atoms with E-state index in [0.29, 0.717) is 9.15 Å². The van der Waals surface area contributed by atoms with Crippen LogP contribution >= 0.6 is 67.8 Å². The lowest BCUT2D eigenvalue weighted by atomic mass is 9.75. The number of aliphatic hydroxyl groups is 1.